The van der Waals surface area contributed by atoms with Crippen molar-refractivity contribution < 1.29 is 4.74 Å². The molecule has 120 valence electrons. The van der Waals surface area contributed by atoms with Crippen molar-refractivity contribution in [3.05, 3.63) is 0 Å². The van der Waals surface area contributed by atoms with Gasteiger partial charge in [0, 0.05) is 19.1 Å². The molecule has 2 rings (SSSR count). The second-order valence-corrected chi connectivity index (χ2v) is 7.30. The van der Waals surface area contributed by atoms with Crippen LogP contribution in [-0.4, -0.2) is 13.2 Å². The Morgan fingerprint density at radius 2 is 1.52 bits per heavy atom. The van der Waals surface area contributed by atoms with Crippen LogP contribution in [0.25, 0.3) is 0 Å². The monoisotopic (exact) mass is 291 g/mol. The number of nitriles is 1. The molecule has 2 nitrogen and oxygen atoms in total. The number of ether oxygens (including phenoxy) is 1. The van der Waals surface area contributed by atoms with Gasteiger partial charge in [0.25, 0.3) is 0 Å². The summed E-state index contributed by atoms with van der Waals surface area (Å²) in [6, 6.07) is 2.46. The van der Waals surface area contributed by atoms with E-state index in [0.29, 0.717) is 5.92 Å². The number of hydrogen-bond acceptors (Lipinski definition) is 2. The molecule has 2 heteroatoms. The first-order valence-electron chi connectivity index (χ1n) is 9.30. The summed E-state index contributed by atoms with van der Waals surface area (Å²) < 4.78 is 5.85. The summed E-state index contributed by atoms with van der Waals surface area (Å²) in [7, 11) is 0. The largest absolute Gasteiger partial charge is 0.381 e. The van der Waals surface area contributed by atoms with Crippen LogP contribution in [0, 0.1) is 35.0 Å². The van der Waals surface area contributed by atoms with Crippen LogP contribution in [0.2, 0.25) is 0 Å². The highest BCUT2D eigenvalue weighted by molar-refractivity contribution is 4.89. The van der Waals surface area contributed by atoms with E-state index in [4.69, 9.17) is 10.00 Å². The number of unbranched alkanes of at least 4 members (excludes halogenated alkanes) is 2. The van der Waals surface area contributed by atoms with E-state index in [9.17, 15) is 0 Å². The van der Waals surface area contributed by atoms with Gasteiger partial charge in [0.15, 0.2) is 0 Å². The minimum absolute atomic E-state index is 0.356. The van der Waals surface area contributed by atoms with E-state index in [0.717, 1.165) is 43.8 Å². The maximum absolute atomic E-state index is 8.99. The standard InChI is InChI=1S/C19H33NO/c1-2-3-4-13-21-15-17-7-11-19(12-8-17)18-9-5-16(14-20)6-10-18/h16-19H,2-13,15H2,1H3/t16-,17-,18-,19-. The second kappa shape index (κ2) is 9.46. The van der Waals surface area contributed by atoms with Crippen LogP contribution in [0.4, 0.5) is 0 Å². The normalized spacial score (nSPS) is 33.5. The molecule has 21 heavy (non-hydrogen) atoms. The van der Waals surface area contributed by atoms with Gasteiger partial charge in [-0.2, -0.15) is 5.26 Å². The summed E-state index contributed by atoms with van der Waals surface area (Å²) >= 11 is 0. The molecule has 0 bridgehead atoms. The Bertz CT molecular complexity index is 306. The lowest BCUT2D eigenvalue weighted by Crippen LogP contribution is -2.27. The smallest absolute Gasteiger partial charge is 0.0655 e. The molecule has 0 aromatic rings. The summed E-state index contributed by atoms with van der Waals surface area (Å²) in [5.74, 6) is 3.04. The van der Waals surface area contributed by atoms with Gasteiger partial charge in [-0.25, -0.2) is 0 Å². The first-order chi connectivity index (χ1) is 10.3. The molecule has 0 aromatic carbocycles. The minimum Gasteiger partial charge on any atom is -0.381 e. The fourth-order valence-electron chi connectivity index (χ4n) is 4.25. The average Bonchev–Trinajstić information content (AvgIpc) is 2.55. The maximum atomic E-state index is 8.99. The van der Waals surface area contributed by atoms with E-state index >= 15 is 0 Å². The zero-order chi connectivity index (χ0) is 14.9. The van der Waals surface area contributed by atoms with E-state index in [2.05, 4.69) is 13.0 Å². The molecule has 0 aliphatic heterocycles. The van der Waals surface area contributed by atoms with E-state index in [1.54, 1.807) is 0 Å². The van der Waals surface area contributed by atoms with Crippen LogP contribution in [0.3, 0.4) is 0 Å². The Morgan fingerprint density at radius 1 is 0.905 bits per heavy atom. The van der Waals surface area contributed by atoms with Crippen molar-refractivity contribution >= 4 is 0 Å². The Morgan fingerprint density at radius 3 is 2.10 bits per heavy atom. The van der Waals surface area contributed by atoms with E-state index in [-0.39, 0.29) is 0 Å². The highest BCUT2D eigenvalue weighted by Gasteiger charge is 2.30. The molecular formula is C19H33NO. The van der Waals surface area contributed by atoms with Crippen LogP contribution >= 0.6 is 0 Å². The van der Waals surface area contributed by atoms with Gasteiger partial charge in [0.1, 0.15) is 0 Å². The molecule has 2 saturated carbocycles. The zero-order valence-corrected chi connectivity index (χ0v) is 13.9. The third kappa shape index (κ3) is 5.62. The molecule has 0 radical (unpaired) electrons. The zero-order valence-electron chi connectivity index (χ0n) is 13.9. The minimum atomic E-state index is 0.356. The van der Waals surface area contributed by atoms with Crippen LogP contribution in [0.1, 0.15) is 77.6 Å². The van der Waals surface area contributed by atoms with Gasteiger partial charge in [-0.05, 0) is 75.5 Å². The maximum Gasteiger partial charge on any atom is 0.0655 e. The lowest BCUT2D eigenvalue weighted by Gasteiger charge is -2.36. The fourth-order valence-corrected chi connectivity index (χ4v) is 4.25. The molecule has 0 spiro atoms. The summed E-state index contributed by atoms with van der Waals surface area (Å²) in [6.07, 6.45) is 14.3. The van der Waals surface area contributed by atoms with Crippen molar-refractivity contribution in [3.63, 3.8) is 0 Å². The topological polar surface area (TPSA) is 33.0 Å². The molecule has 2 aliphatic carbocycles. The van der Waals surface area contributed by atoms with Crippen LogP contribution in [-0.2, 0) is 4.74 Å². The van der Waals surface area contributed by atoms with Gasteiger partial charge < -0.3 is 4.74 Å². The van der Waals surface area contributed by atoms with Crippen molar-refractivity contribution in [2.75, 3.05) is 13.2 Å². The van der Waals surface area contributed by atoms with Crippen molar-refractivity contribution in [3.8, 4) is 6.07 Å². The Labute approximate surface area is 131 Å². The highest BCUT2D eigenvalue weighted by Crippen LogP contribution is 2.41. The van der Waals surface area contributed by atoms with Crippen molar-refractivity contribution in [2.24, 2.45) is 23.7 Å². The summed E-state index contributed by atoms with van der Waals surface area (Å²) in [4.78, 5) is 0. The SMILES string of the molecule is CCCCCOC[C@H]1CC[C@H]([C@H]2CC[C@H](C#N)CC2)CC1. The van der Waals surface area contributed by atoms with Gasteiger partial charge in [0.05, 0.1) is 6.07 Å². The molecule has 0 unspecified atom stereocenters. The lowest BCUT2D eigenvalue weighted by atomic mass is 9.69. The summed E-state index contributed by atoms with van der Waals surface area (Å²) in [5.41, 5.74) is 0. The van der Waals surface area contributed by atoms with Gasteiger partial charge in [-0.3, -0.25) is 0 Å². The number of rotatable bonds is 7. The molecule has 0 amide bonds. The molecule has 0 aromatic heterocycles. The average molecular weight is 291 g/mol. The van der Waals surface area contributed by atoms with Crippen LogP contribution < -0.4 is 0 Å². The Hall–Kier alpha value is -0.550. The highest BCUT2D eigenvalue weighted by atomic mass is 16.5. The number of nitrogens with zero attached hydrogens (tertiary/aromatic N) is 1. The van der Waals surface area contributed by atoms with E-state index < -0.39 is 0 Å². The van der Waals surface area contributed by atoms with Crippen molar-refractivity contribution in [2.45, 2.75) is 77.6 Å². The third-order valence-electron chi connectivity index (χ3n) is 5.76. The van der Waals surface area contributed by atoms with Gasteiger partial charge in [-0.1, -0.05) is 19.8 Å². The van der Waals surface area contributed by atoms with Gasteiger partial charge in [0.2, 0.25) is 0 Å². The fraction of sp³-hybridized carbons (Fsp3) is 0.947. The molecule has 0 saturated heterocycles. The van der Waals surface area contributed by atoms with E-state index in [1.807, 2.05) is 0 Å². The van der Waals surface area contributed by atoms with Crippen molar-refractivity contribution in [1.29, 1.82) is 5.26 Å². The molecule has 0 heterocycles. The Balaban J connectivity index is 1.57. The molecule has 0 N–H and O–H groups in total. The molecular weight excluding hydrogens is 258 g/mol. The first kappa shape index (κ1) is 16.8. The first-order valence-corrected chi connectivity index (χ1v) is 9.30. The lowest BCUT2D eigenvalue weighted by molar-refractivity contribution is 0.0641. The summed E-state index contributed by atoms with van der Waals surface area (Å²) in [5, 5.41) is 8.99. The van der Waals surface area contributed by atoms with Crippen molar-refractivity contribution in [1.82, 2.24) is 0 Å². The van der Waals surface area contributed by atoms with Crippen LogP contribution in [0.15, 0.2) is 0 Å². The predicted octanol–water partition coefficient (Wildman–Crippen LogP) is 5.33. The van der Waals surface area contributed by atoms with Gasteiger partial charge in [-0.15, -0.1) is 0 Å². The second-order valence-electron chi connectivity index (χ2n) is 7.30. The summed E-state index contributed by atoms with van der Waals surface area (Å²) in [6.45, 7) is 4.20. The molecule has 2 fully saturated rings. The van der Waals surface area contributed by atoms with Crippen LogP contribution in [0.5, 0.6) is 0 Å². The van der Waals surface area contributed by atoms with Gasteiger partial charge >= 0.3 is 0 Å². The molecule has 0 atom stereocenters. The quantitative estimate of drug-likeness (QED) is 0.594. The third-order valence-corrected chi connectivity index (χ3v) is 5.76. The number of hydrogen-bond donors (Lipinski definition) is 0. The molecule has 2 aliphatic rings. The predicted molar refractivity (Wildman–Crippen MR) is 86.9 cm³/mol. The van der Waals surface area contributed by atoms with E-state index in [1.165, 1.54) is 57.8 Å². The Kier molecular flexibility index (Phi) is 7.58.